The van der Waals surface area contributed by atoms with Crippen molar-refractivity contribution in [2.45, 2.75) is 6.92 Å². The third-order valence-corrected chi connectivity index (χ3v) is 1.89. The first-order valence-corrected chi connectivity index (χ1v) is 4.54. The molecule has 4 N–H and O–H groups in total. The number of hydrogen-bond acceptors (Lipinski definition) is 6. The smallest absolute Gasteiger partial charge is 0.199 e. The molecule has 82 valence electrons. The molecule has 0 fully saturated rings. The number of rotatable bonds is 2. The van der Waals surface area contributed by atoms with E-state index in [0.29, 0.717) is 5.82 Å². The highest BCUT2D eigenvalue weighted by atomic mass is 16.6. The van der Waals surface area contributed by atoms with Crippen LogP contribution in [0.2, 0.25) is 0 Å². The summed E-state index contributed by atoms with van der Waals surface area (Å²) in [6.07, 6.45) is 0. The lowest BCUT2D eigenvalue weighted by Gasteiger charge is -2.04. The summed E-state index contributed by atoms with van der Waals surface area (Å²) in [4.78, 5) is 4.18. The number of aryl methyl sites for hydroxylation is 1. The Morgan fingerprint density at radius 1 is 1.44 bits per heavy atom. The molecule has 0 saturated heterocycles. The lowest BCUT2D eigenvalue weighted by atomic mass is 10.3. The molecule has 0 amide bonds. The van der Waals surface area contributed by atoms with E-state index < -0.39 is 0 Å². The summed E-state index contributed by atoms with van der Waals surface area (Å²) in [6.45, 7) is 1.86. The van der Waals surface area contributed by atoms with Crippen LogP contribution in [0.5, 0.6) is 0 Å². The van der Waals surface area contributed by atoms with Gasteiger partial charge >= 0.3 is 0 Å². The van der Waals surface area contributed by atoms with Crippen LogP contribution in [0, 0.1) is 12.3 Å². The number of amidine groups is 1. The van der Waals surface area contributed by atoms with Crippen LogP contribution in [-0.4, -0.2) is 21.1 Å². The van der Waals surface area contributed by atoms with Crippen LogP contribution in [0.25, 0.3) is 0 Å². The predicted octanol–water partition coefficient (Wildman–Crippen LogP) is 0.793. The van der Waals surface area contributed by atoms with Gasteiger partial charge in [-0.3, -0.25) is 5.41 Å². The minimum Gasteiger partial charge on any atom is -0.379 e. The van der Waals surface area contributed by atoms with E-state index in [9.17, 15) is 0 Å². The topological polar surface area (TPSA) is 114 Å². The monoisotopic (exact) mass is 218 g/mol. The first-order valence-electron chi connectivity index (χ1n) is 4.54. The predicted molar refractivity (Wildman–Crippen MR) is 58.1 cm³/mol. The Hall–Kier alpha value is -2.44. The summed E-state index contributed by atoms with van der Waals surface area (Å²) < 4.78 is 4.40. The largest absolute Gasteiger partial charge is 0.379 e. The number of nitrogen functional groups attached to an aromatic ring is 1. The molecule has 0 saturated carbocycles. The Morgan fingerprint density at radius 2 is 2.25 bits per heavy atom. The molecular weight excluding hydrogens is 208 g/mol. The number of nitrogens with two attached hydrogens (primary N) is 1. The number of anilines is 2. The van der Waals surface area contributed by atoms with E-state index in [4.69, 9.17) is 11.1 Å². The number of pyridine rings is 1. The van der Waals surface area contributed by atoms with Crippen LogP contribution in [0.1, 0.15) is 11.4 Å². The van der Waals surface area contributed by atoms with Crippen LogP contribution in [0.4, 0.5) is 11.6 Å². The third-order valence-electron chi connectivity index (χ3n) is 1.89. The maximum absolute atomic E-state index is 7.70. The Morgan fingerprint density at radius 3 is 2.88 bits per heavy atom. The second-order valence-electron chi connectivity index (χ2n) is 3.16. The molecule has 0 radical (unpaired) electrons. The van der Waals surface area contributed by atoms with Gasteiger partial charge in [0.15, 0.2) is 17.3 Å². The van der Waals surface area contributed by atoms with Gasteiger partial charge in [-0.1, -0.05) is 6.07 Å². The molecule has 2 rings (SSSR count). The van der Waals surface area contributed by atoms with Crippen molar-refractivity contribution in [3.8, 4) is 0 Å². The zero-order valence-corrected chi connectivity index (χ0v) is 8.56. The number of aromatic nitrogens is 3. The minimum atomic E-state index is -0.00292. The molecule has 0 unspecified atom stereocenters. The van der Waals surface area contributed by atoms with Gasteiger partial charge in [0.2, 0.25) is 0 Å². The number of nitrogens with one attached hydrogen (secondary N) is 2. The SMILES string of the molecule is Cc1cccc(NC(=N)c2nonc2N)n1. The van der Waals surface area contributed by atoms with E-state index in [1.165, 1.54) is 0 Å². The summed E-state index contributed by atoms with van der Waals surface area (Å²) in [5.74, 6) is 0.620. The molecule has 7 heteroatoms. The Balaban J connectivity index is 2.17. The van der Waals surface area contributed by atoms with E-state index in [-0.39, 0.29) is 17.3 Å². The van der Waals surface area contributed by atoms with E-state index in [1.807, 2.05) is 19.1 Å². The average molecular weight is 218 g/mol. The lowest BCUT2D eigenvalue weighted by Crippen LogP contribution is -2.15. The van der Waals surface area contributed by atoms with Gasteiger partial charge < -0.3 is 11.1 Å². The van der Waals surface area contributed by atoms with E-state index in [2.05, 4.69) is 25.2 Å². The minimum absolute atomic E-state index is 0.00292. The summed E-state index contributed by atoms with van der Waals surface area (Å²) >= 11 is 0. The molecule has 16 heavy (non-hydrogen) atoms. The average Bonchev–Trinajstić information content (AvgIpc) is 2.64. The van der Waals surface area contributed by atoms with E-state index in [1.54, 1.807) is 6.07 Å². The van der Waals surface area contributed by atoms with Crippen molar-refractivity contribution in [3.05, 3.63) is 29.6 Å². The molecule has 2 heterocycles. The van der Waals surface area contributed by atoms with E-state index >= 15 is 0 Å². The fourth-order valence-corrected chi connectivity index (χ4v) is 1.17. The van der Waals surface area contributed by atoms with Gasteiger partial charge in [0, 0.05) is 5.69 Å². The van der Waals surface area contributed by atoms with Gasteiger partial charge in [0.25, 0.3) is 0 Å². The molecule has 0 bridgehead atoms. The van der Waals surface area contributed by atoms with Crippen LogP contribution in [0.3, 0.4) is 0 Å². The van der Waals surface area contributed by atoms with Crippen LogP contribution in [0.15, 0.2) is 22.8 Å². The first-order chi connectivity index (χ1) is 7.66. The molecule has 0 spiro atoms. The van der Waals surface area contributed by atoms with Crippen molar-refractivity contribution in [1.82, 2.24) is 15.3 Å². The van der Waals surface area contributed by atoms with Gasteiger partial charge in [-0.15, -0.1) is 0 Å². The fraction of sp³-hybridized carbons (Fsp3) is 0.111. The molecular formula is C9H10N6O. The van der Waals surface area contributed by atoms with Crippen molar-refractivity contribution in [3.63, 3.8) is 0 Å². The zero-order valence-electron chi connectivity index (χ0n) is 8.56. The molecule has 2 aromatic heterocycles. The van der Waals surface area contributed by atoms with Gasteiger partial charge in [-0.25, -0.2) is 9.61 Å². The second-order valence-corrected chi connectivity index (χ2v) is 3.16. The lowest BCUT2D eigenvalue weighted by molar-refractivity contribution is 0.308. The van der Waals surface area contributed by atoms with Crippen molar-refractivity contribution >= 4 is 17.5 Å². The Labute approximate surface area is 91.1 Å². The van der Waals surface area contributed by atoms with Crippen LogP contribution >= 0.6 is 0 Å². The number of hydrogen-bond donors (Lipinski definition) is 3. The summed E-state index contributed by atoms with van der Waals surface area (Å²) in [5, 5.41) is 17.4. The van der Waals surface area contributed by atoms with E-state index in [0.717, 1.165) is 5.69 Å². The van der Waals surface area contributed by atoms with Crippen LogP contribution in [-0.2, 0) is 0 Å². The maximum Gasteiger partial charge on any atom is 0.199 e. The fourth-order valence-electron chi connectivity index (χ4n) is 1.17. The Bertz CT molecular complexity index is 520. The molecule has 0 aliphatic heterocycles. The Kier molecular flexibility index (Phi) is 2.50. The maximum atomic E-state index is 7.70. The molecule has 0 atom stereocenters. The standard InChI is InChI=1S/C9H10N6O/c1-5-3-2-4-6(12-5)13-8(10)7-9(11)15-16-14-7/h2-4H,1H3,(H2,11,15)(H2,10,12,13). The highest BCUT2D eigenvalue weighted by Gasteiger charge is 2.12. The summed E-state index contributed by atoms with van der Waals surface area (Å²) in [6, 6.07) is 5.44. The van der Waals surface area contributed by atoms with Gasteiger partial charge in [0.05, 0.1) is 0 Å². The van der Waals surface area contributed by atoms with Crippen LogP contribution < -0.4 is 11.1 Å². The third kappa shape index (κ3) is 1.97. The first kappa shape index (κ1) is 10.1. The van der Waals surface area contributed by atoms with Gasteiger partial charge in [0.1, 0.15) is 5.82 Å². The summed E-state index contributed by atoms with van der Waals surface area (Å²) in [5.41, 5.74) is 6.48. The highest BCUT2D eigenvalue weighted by Crippen LogP contribution is 2.09. The second kappa shape index (κ2) is 3.97. The normalized spacial score (nSPS) is 10.1. The van der Waals surface area contributed by atoms with Gasteiger partial charge in [-0.05, 0) is 29.4 Å². The van der Waals surface area contributed by atoms with Crippen molar-refractivity contribution < 1.29 is 4.63 Å². The highest BCUT2D eigenvalue weighted by molar-refractivity contribution is 6.06. The molecule has 0 aliphatic carbocycles. The molecule has 0 aliphatic rings. The van der Waals surface area contributed by atoms with Crippen molar-refractivity contribution in [1.29, 1.82) is 5.41 Å². The van der Waals surface area contributed by atoms with Crippen molar-refractivity contribution in [2.24, 2.45) is 0 Å². The molecule has 0 aromatic carbocycles. The number of nitrogens with zero attached hydrogens (tertiary/aromatic N) is 3. The molecule has 2 aromatic rings. The van der Waals surface area contributed by atoms with Crippen molar-refractivity contribution in [2.75, 3.05) is 11.1 Å². The zero-order chi connectivity index (χ0) is 11.5. The summed E-state index contributed by atoms with van der Waals surface area (Å²) in [7, 11) is 0. The molecule has 7 nitrogen and oxygen atoms in total. The van der Waals surface area contributed by atoms with Gasteiger partial charge in [-0.2, -0.15) is 0 Å². The quantitative estimate of drug-likeness (QED) is 0.507.